The fraction of sp³-hybridized carbons (Fsp3) is 0.700. The fourth-order valence-corrected chi connectivity index (χ4v) is 4.44. The molecule has 0 spiro atoms. The van der Waals surface area contributed by atoms with Crippen LogP contribution in [0.5, 0.6) is 0 Å². The van der Waals surface area contributed by atoms with Crippen LogP contribution in [0.2, 0.25) is 0 Å². The van der Waals surface area contributed by atoms with Gasteiger partial charge >= 0.3 is 0 Å². The van der Waals surface area contributed by atoms with Crippen molar-refractivity contribution in [1.29, 1.82) is 0 Å². The lowest BCUT2D eigenvalue weighted by Gasteiger charge is -2.47. The van der Waals surface area contributed by atoms with E-state index in [-0.39, 0.29) is 12.5 Å². The van der Waals surface area contributed by atoms with Gasteiger partial charge in [0.25, 0.3) is 5.91 Å². The second-order valence-electron chi connectivity index (χ2n) is 7.72. The maximum atomic E-state index is 12.2. The summed E-state index contributed by atoms with van der Waals surface area (Å²) in [6.07, 6.45) is 4.67. The van der Waals surface area contributed by atoms with Crippen molar-refractivity contribution in [2.75, 3.05) is 64.9 Å². The molecule has 1 aromatic rings. The van der Waals surface area contributed by atoms with E-state index in [0.717, 1.165) is 64.3 Å². The molecule has 0 aromatic carbocycles. The molecule has 1 amide bonds. The van der Waals surface area contributed by atoms with Crippen LogP contribution in [0, 0.1) is 5.92 Å². The van der Waals surface area contributed by atoms with Crippen molar-refractivity contribution in [3.63, 3.8) is 0 Å². The van der Waals surface area contributed by atoms with Gasteiger partial charge in [-0.25, -0.2) is 4.98 Å². The van der Waals surface area contributed by atoms with E-state index in [1.54, 1.807) is 13.2 Å². The number of aliphatic hydroxyl groups excluding tert-OH is 1. The lowest BCUT2D eigenvalue weighted by molar-refractivity contribution is 0.0636. The number of nitrogens with zero attached hydrogens (tertiary/aromatic N) is 4. The summed E-state index contributed by atoms with van der Waals surface area (Å²) in [5, 5.41) is 12.1. The maximum absolute atomic E-state index is 12.2. The van der Waals surface area contributed by atoms with Crippen molar-refractivity contribution in [1.82, 2.24) is 20.1 Å². The first-order valence-electron chi connectivity index (χ1n) is 10.1. The van der Waals surface area contributed by atoms with Crippen molar-refractivity contribution in [2.24, 2.45) is 5.92 Å². The summed E-state index contributed by atoms with van der Waals surface area (Å²) in [5.41, 5.74) is 0.638. The average molecular weight is 376 g/mol. The first kappa shape index (κ1) is 20.0. The molecule has 150 valence electrons. The molecule has 0 unspecified atom stereocenters. The summed E-state index contributed by atoms with van der Waals surface area (Å²) in [6, 6.07) is 4.21. The summed E-state index contributed by atoms with van der Waals surface area (Å²) in [5.74, 6) is 1.17. The van der Waals surface area contributed by atoms with Crippen LogP contribution in [0.4, 0.5) is 5.82 Å². The Morgan fingerprint density at radius 1 is 1.30 bits per heavy atom. The largest absolute Gasteiger partial charge is 0.396 e. The highest BCUT2D eigenvalue weighted by atomic mass is 16.3. The SMILES string of the molecule is CNC(=O)c1cccnc1N1CC[C@H](N2CCN(C)CC2)[C@H](CCCO)C1. The topological polar surface area (TPSA) is 71.9 Å². The Labute approximate surface area is 162 Å². The number of likely N-dealkylation sites (N-methyl/N-ethyl adjacent to an activating group) is 1. The van der Waals surface area contributed by atoms with E-state index in [9.17, 15) is 9.90 Å². The molecule has 0 saturated carbocycles. The molecule has 7 heteroatoms. The van der Waals surface area contributed by atoms with Gasteiger partial charge in [-0.15, -0.1) is 0 Å². The minimum Gasteiger partial charge on any atom is -0.396 e. The highest BCUT2D eigenvalue weighted by Crippen LogP contribution is 2.30. The predicted molar refractivity (Wildman–Crippen MR) is 107 cm³/mol. The Hall–Kier alpha value is -1.70. The molecule has 0 bridgehead atoms. The van der Waals surface area contributed by atoms with Crippen molar-refractivity contribution in [3.05, 3.63) is 23.9 Å². The van der Waals surface area contributed by atoms with Crippen LogP contribution in [0.15, 0.2) is 18.3 Å². The number of carbonyl (C=O) groups is 1. The number of aliphatic hydroxyl groups is 1. The third kappa shape index (κ3) is 4.78. The number of rotatable bonds is 6. The van der Waals surface area contributed by atoms with E-state index < -0.39 is 0 Å². The molecule has 1 aromatic heterocycles. The van der Waals surface area contributed by atoms with Crippen LogP contribution in [-0.4, -0.2) is 91.8 Å². The van der Waals surface area contributed by atoms with Gasteiger partial charge in [0.05, 0.1) is 5.56 Å². The molecular weight excluding hydrogens is 342 g/mol. The van der Waals surface area contributed by atoms with E-state index in [0.29, 0.717) is 17.5 Å². The van der Waals surface area contributed by atoms with E-state index in [2.05, 4.69) is 32.0 Å². The molecule has 2 aliphatic rings. The third-order valence-corrected chi connectivity index (χ3v) is 5.99. The van der Waals surface area contributed by atoms with Gasteiger partial charge in [0.15, 0.2) is 0 Å². The standard InChI is InChI=1S/C20H33N5O2/c1-21-20(27)17-6-3-8-22-19(17)25-9-7-18(16(15-25)5-4-14-26)24-12-10-23(2)11-13-24/h3,6,8,16,18,26H,4-5,7,9-15H2,1-2H3,(H,21,27)/t16-,18+/m1/s1. The molecule has 2 fully saturated rings. The molecule has 2 aliphatic heterocycles. The van der Waals surface area contributed by atoms with Crippen molar-refractivity contribution in [3.8, 4) is 0 Å². The van der Waals surface area contributed by atoms with Crippen molar-refractivity contribution < 1.29 is 9.90 Å². The van der Waals surface area contributed by atoms with E-state index in [1.807, 2.05) is 12.1 Å². The second-order valence-corrected chi connectivity index (χ2v) is 7.72. The number of pyridine rings is 1. The Morgan fingerprint density at radius 3 is 2.78 bits per heavy atom. The number of anilines is 1. The molecule has 0 radical (unpaired) electrons. The Balaban J connectivity index is 1.75. The van der Waals surface area contributed by atoms with Gasteiger partial charge in [-0.1, -0.05) is 0 Å². The zero-order valence-corrected chi connectivity index (χ0v) is 16.6. The van der Waals surface area contributed by atoms with E-state index in [1.165, 1.54) is 0 Å². The lowest BCUT2D eigenvalue weighted by atomic mass is 9.86. The van der Waals surface area contributed by atoms with Crippen LogP contribution in [0.25, 0.3) is 0 Å². The van der Waals surface area contributed by atoms with Gasteiger partial charge in [0.1, 0.15) is 5.82 Å². The van der Waals surface area contributed by atoms with Gasteiger partial charge in [0, 0.05) is 65.2 Å². The average Bonchev–Trinajstić information content (AvgIpc) is 2.72. The van der Waals surface area contributed by atoms with Gasteiger partial charge in [-0.05, 0) is 44.4 Å². The van der Waals surface area contributed by atoms with E-state index in [4.69, 9.17) is 0 Å². The molecule has 27 heavy (non-hydrogen) atoms. The molecule has 0 aliphatic carbocycles. The number of aromatic nitrogens is 1. The number of hydrogen-bond acceptors (Lipinski definition) is 6. The normalized spacial score (nSPS) is 24.8. The first-order valence-corrected chi connectivity index (χ1v) is 10.1. The van der Waals surface area contributed by atoms with Crippen LogP contribution in [0.3, 0.4) is 0 Å². The van der Waals surface area contributed by atoms with Gasteiger partial charge in [-0.3, -0.25) is 9.69 Å². The van der Waals surface area contributed by atoms with Crippen LogP contribution in [0.1, 0.15) is 29.6 Å². The summed E-state index contributed by atoms with van der Waals surface area (Å²) in [4.78, 5) is 24.1. The van der Waals surface area contributed by atoms with Gasteiger partial charge < -0.3 is 20.2 Å². The minimum absolute atomic E-state index is 0.0915. The number of piperidine rings is 1. The Kier molecular flexibility index (Phi) is 7.04. The number of hydrogen-bond donors (Lipinski definition) is 2. The van der Waals surface area contributed by atoms with Crippen LogP contribution >= 0.6 is 0 Å². The molecule has 2 N–H and O–H groups in total. The number of carbonyl (C=O) groups excluding carboxylic acids is 1. The number of nitrogens with one attached hydrogen (secondary N) is 1. The van der Waals surface area contributed by atoms with E-state index >= 15 is 0 Å². The first-order chi connectivity index (χ1) is 13.1. The smallest absolute Gasteiger partial charge is 0.254 e. The quantitative estimate of drug-likeness (QED) is 0.761. The molecule has 3 rings (SSSR count). The van der Waals surface area contributed by atoms with Crippen LogP contribution < -0.4 is 10.2 Å². The summed E-state index contributed by atoms with van der Waals surface area (Å²) in [7, 11) is 3.84. The third-order valence-electron chi connectivity index (χ3n) is 5.99. The zero-order chi connectivity index (χ0) is 19.2. The highest BCUT2D eigenvalue weighted by molar-refractivity contribution is 5.98. The number of piperazine rings is 1. The van der Waals surface area contributed by atoms with Crippen molar-refractivity contribution in [2.45, 2.75) is 25.3 Å². The highest BCUT2D eigenvalue weighted by Gasteiger charge is 2.35. The molecular formula is C20H33N5O2. The number of amides is 1. The summed E-state index contributed by atoms with van der Waals surface area (Å²) >= 11 is 0. The van der Waals surface area contributed by atoms with Crippen molar-refractivity contribution >= 4 is 11.7 Å². The molecule has 3 heterocycles. The monoisotopic (exact) mass is 375 g/mol. The summed E-state index contributed by atoms with van der Waals surface area (Å²) < 4.78 is 0. The maximum Gasteiger partial charge on any atom is 0.254 e. The lowest BCUT2D eigenvalue weighted by Crippen LogP contribution is -2.56. The second kappa shape index (κ2) is 9.48. The minimum atomic E-state index is -0.0915. The Bertz CT molecular complexity index is 618. The predicted octanol–water partition coefficient (Wildman–Crippen LogP) is 0.656. The fourth-order valence-electron chi connectivity index (χ4n) is 4.44. The van der Waals surface area contributed by atoms with Gasteiger partial charge in [-0.2, -0.15) is 0 Å². The van der Waals surface area contributed by atoms with Gasteiger partial charge in [0.2, 0.25) is 0 Å². The summed E-state index contributed by atoms with van der Waals surface area (Å²) in [6.45, 7) is 6.50. The Morgan fingerprint density at radius 2 is 2.07 bits per heavy atom. The molecule has 2 saturated heterocycles. The molecule has 2 atom stereocenters. The zero-order valence-electron chi connectivity index (χ0n) is 16.6. The van der Waals surface area contributed by atoms with Crippen LogP contribution in [-0.2, 0) is 0 Å². The molecule has 7 nitrogen and oxygen atoms in total.